The smallest absolute Gasteiger partial charge is 0.306 e. The van der Waals surface area contributed by atoms with Gasteiger partial charge in [-0.15, -0.1) is 0 Å². The first-order valence-corrected chi connectivity index (χ1v) is 6.74. The van der Waals surface area contributed by atoms with Crippen LogP contribution in [-0.4, -0.2) is 32.5 Å². The Morgan fingerprint density at radius 1 is 1.41 bits per heavy atom. The molecule has 0 aliphatic heterocycles. The fourth-order valence-corrected chi connectivity index (χ4v) is 2.52. The lowest BCUT2D eigenvalue weighted by atomic mass is 10.1. The number of aromatic nitrogens is 1. The molecular weight excluding hydrogens is 294 g/mol. The summed E-state index contributed by atoms with van der Waals surface area (Å²) in [6, 6.07) is 1.86. The van der Waals surface area contributed by atoms with E-state index < -0.39 is 28.3 Å². The van der Waals surface area contributed by atoms with Gasteiger partial charge in [0.1, 0.15) is 6.54 Å². The number of carbonyl (C=O) groups is 2. The van der Waals surface area contributed by atoms with Crippen LogP contribution in [0.25, 0.3) is 0 Å². The second-order valence-corrected chi connectivity index (χ2v) is 5.22. The zero-order valence-electron chi connectivity index (χ0n) is 11.6. The van der Waals surface area contributed by atoms with Crippen molar-refractivity contribution in [3.05, 3.63) is 38.8 Å². The molecule has 1 aliphatic rings. The predicted molar refractivity (Wildman–Crippen MR) is 74.3 cm³/mol. The van der Waals surface area contributed by atoms with Gasteiger partial charge in [-0.3, -0.25) is 29.1 Å². The quantitative estimate of drug-likeness (QED) is 0.587. The summed E-state index contributed by atoms with van der Waals surface area (Å²) in [5, 5.41) is 22.2. The first-order valence-electron chi connectivity index (χ1n) is 6.74. The minimum atomic E-state index is -0.883. The molecule has 1 aromatic rings. The molecule has 2 atom stereocenters. The van der Waals surface area contributed by atoms with Crippen molar-refractivity contribution in [3.8, 4) is 0 Å². The maximum atomic E-state index is 11.9. The summed E-state index contributed by atoms with van der Waals surface area (Å²) in [5.41, 5.74) is -0.796. The van der Waals surface area contributed by atoms with Crippen LogP contribution in [0.15, 0.2) is 23.1 Å². The Morgan fingerprint density at radius 2 is 2.14 bits per heavy atom. The molecule has 2 N–H and O–H groups in total. The Labute approximate surface area is 124 Å². The fraction of sp³-hybridized carbons (Fsp3) is 0.462. The highest BCUT2D eigenvalue weighted by Crippen LogP contribution is 2.25. The molecule has 22 heavy (non-hydrogen) atoms. The van der Waals surface area contributed by atoms with Gasteiger partial charge in [-0.05, 0) is 19.3 Å². The number of pyridine rings is 1. The maximum absolute atomic E-state index is 11.9. The molecule has 9 heteroatoms. The summed E-state index contributed by atoms with van der Waals surface area (Å²) in [6.45, 7) is -0.339. The van der Waals surface area contributed by atoms with Crippen LogP contribution in [0.3, 0.4) is 0 Å². The molecule has 1 amide bonds. The molecule has 1 heterocycles. The molecule has 0 spiro atoms. The molecule has 1 aromatic heterocycles. The van der Waals surface area contributed by atoms with E-state index in [4.69, 9.17) is 5.11 Å². The average molecular weight is 309 g/mol. The van der Waals surface area contributed by atoms with Gasteiger partial charge in [-0.1, -0.05) is 0 Å². The number of rotatable bonds is 5. The van der Waals surface area contributed by atoms with Crippen LogP contribution in [0, 0.1) is 16.0 Å². The van der Waals surface area contributed by atoms with Crippen molar-refractivity contribution in [2.24, 2.45) is 5.92 Å². The van der Waals surface area contributed by atoms with E-state index in [1.165, 1.54) is 0 Å². The molecule has 0 unspecified atom stereocenters. The van der Waals surface area contributed by atoms with Crippen molar-refractivity contribution in [1.29, 1.82) is 0 Å². The molecule has 0 saturated heterocycles. The van der Waals surface area contributed by atoms with Gasteiger partial charge in [0.15, 0.2) is 0 Å². The third kappa shape index (κ3) is 3.68. The number of nitrogens with one attached hydrogen (secondary N) is 1. The molecule has 2 rings (SSSR count). The van der Waals surface area contributed by atoms with E-state index in [9.17, 15) is 24.5 Å². The number of nitrogens with zero attached hydrogens (tertiary/aromatic N) is 2. The molecule has 0 radical (unpaired) electrons. The monoisotopic (exact) mass is 309 g/mol. The van der Waals surface area contributed by atoms with Crippen LogP contribution >= 0.6 is 0 Å². The Morgan fingerprint density at radius 3 is 2.73 bits per heavy atom. The molecule has 9 nitrogen and oxygen atoms in total. The molecule has 118 valence electrons. The third-order valence-corrected chi connectivity index (χ3v) is 3.64. The lowest BCUT2D eigenvalue weighted by Gasteiger charge is -2.13. The second kappa shape index (κ2) is 6.37. The lowest BCUT2D eigenvalue weighted by Crippen LogP contribution is -2.37. The minimum Gasteiger partial charge on any atom is -0.481 e. The Bertz CT molecular complexity index is 668. The van der Waals surface area contributed by atoms with E-state index in [1.54, 1.807) is 0 Å². The van der Waals surface area contributed by atoms with E-state index in [-0.39, 0.29) is 18.3 Å². The first kappa shape index (κ1) is 15.7. The summed E-state index contributed by atoms with van der Waals surface area (Å²) < 4.78 is 0.955. The van der Waals surface area contributed by atoms with Gasteiger partial charge in [-0.25, -0.2) is 0 Å². The molecule has 0 aromatic carbocycles. The first-order chi connectivity index (χ1) is 10.4. The zero-order chi connectivity index (χ0) is 16.3. The van der Waals surface area contributed by atoms with E-state index >= 15 is 0 Å². The normalized spacial score (nSPS) is 20.5. The predicted octanol–water partition coefficient (Wildman–Crippen LogP) is 0.126. The van der Waals surface area contributed by atoms with Crippen molar-refractivity contribution in [2.75, 3.05) is 0 Å². The van der Waals surface area contributed by atoms with E-state index in [0.717, 1.165) is 22.9 Å². The Hall–Kier alpha value is -2.71. The molecule has 1 saturated carbocycles. The number of amides is 1. The standard InChI is InChI=1S/C13H15N3O6/c17-11(14-9-2-1-8(5-9)13(19)20)7-15-6-10(16(21)22)3-4-12(15)18/h3-4,6,8-9H,1-2,5,7H2,(H,14,17)(H,19,20)/t8-,9+/m0/s1. The topological polar surface area (TPSA) is 132 Å². The van der Waals surface area contributed by atoms with Crippen LogP contribution in [0.4, 0.5) is 5.69 Å². The third-order valence-electron chi connectivity index (χ3n) is 3.64. The van der Waals surface area contributed by atoms with Crippen molar-refractivity contribution in [2.45, 2.75) is 31.8 Å². The Kier molecular flexibility index (Phi) is 4.54. The highest BCUT2D eigenvalue weighted by molar-refractivity contribution is 5.76. The SMILES string of the molecule is O=C(Cn1cc([N+](=O)[O-])ccc1=O)N[C@@H]1CC[C@H](C(=O)O)C1. The van der Waals surface area contributed by atoms with Gasteiger partial charge in [0.25, 0.3) is 11.2 Å². The van der Waals surface area contributed by atoms with Crippen LogP contribution in [0.1, 0.15) is 19.3 Å². The summed E-state index contributed by atoms with van der Waals surface area (Å²) in [7, 11) is 0. The molecule has 0 bridgehead atoms. The zero-order valence-corrected chi connectivity index (χ0v) is 11.6. The van der Waals surface area contributed by atoms with Crippen LogP contribution in [0.2, 0.25) is 0 Å². The van der Waals surface area contributed by atoms with E-state index in [1.807, 2.05) is 0 Å². The minimum absolute atomic E-state index is 0.247. The summed E-state index contributed by atoms with van der Waals surface area (Å²) in [4.78, 5) is 44.3. The van der Waals surface area contributed by atoms with E-state index in [2.05, 4.69) is 5.32 Å². The van der Waals surface area contributed by atoms with Gasteiger partial charge < -0.3 is 10.4 Å². The van der Waals surface area contributed by atoms with Crippen LogP contribution in [0.5, 0.6) is 0 Å². The lowest BCUT2D eigenvalue weighted by molar-refractivity contribution is -0.385. The number of carboxylic acids is 1. The number of nitro groups is 1. The van der Waals surface area contributed by atoms with Crippen molar-refractivity contribution in [3.63, 3.8) is 0 Å². The van der Waals surface area contributed by atoms with Crippen molar-refractivity contribution < 1.29 is 19.6 Å². The van der Waals surface area contributed by atoms with Crippen molar-refractivity contribution in [1.82, 2.24) is 9.88 Å². The van der Waals surface area contributed by atoms with Gasteiger partial charge in [0.05, 0.1) is 17.0 Å². The number of carboxylic acid groups (broad SMARTS) is 1. The Balaban J connectivity index is 1.98. The van der Waals surface area contributed by atoms with Crippen molar-refractivity contribution >= 4 is 17.6 Å². The van der Waals surface area contributed by atoms with Gasteiger partial charge in [-0.2, -0.15) is 0 Å². The number of aliphatic carboxylic acids is 1. The molecule has 1 fully saturated rings. The van der Waals surface area contributed by atoms with Crippen LogP contribution < -0.4 is 10.9 Å². The summed E-state index contributed by atoms with van der Waals surface area (Å²) in [5.74, 6) is -1.82. The fourth-order valence-electron chi connectivity index (χ4n) is 2.52. The highest BCUT2D eigenvalue weighted by Gasteiger charge is 2.30. The van der Waals surface area contributed by atoms with Gasteiger partial charge in [0.2, 0.25) is 5.91 Å². The second-order valence-electron chi connectivity index (χ2n) is 5.22. The largest absolute Gasteiger partial charge is 0.481 e. The summed E-state index contributed by atoms with van der Waals surface area (Å²) >= 11 is 0. The number of hydrogen-bond donors (Lipinski definition) is 2. The number of carbonyl (C=O) groups excluding carboxylic acids is 1. The van der Waals surface area contributed by atoms with Crippen LogP contribution in [-0.2, 0) is 16.1 Å². The molecular formula is C13H15N3O6. The summed E-state index contributed by atoms with van der Waals surface area (Å²) in [6.07, 6.45) is 2.42. The molecule has 1 aliphatic carbocycles. The average Bonchev–Trinajstić information content (AvgIpc) is 2.89. The van der Waals surface area contributed by atoms with Gasteiger partial charge >= 0.3 is 5.97 Å². The number of hydrogen-bond acceptors (Lipinski definition) is 5. The highest BCUT2D eigenvalue weighted by atomic mass is 16.6. The van der Waals surface area contributed by atoms with Gasteiger partial charge in [0, 0.05) is 18.2 Å². The maximum Gasteiger partial charge on any atom is 0.306 e. The van der Waals surface area contributed by atoms with E-state index in [0.29, 0.717) is 19.3 Å².